The Kier molecular flexibility index (Phi) is 8.71. The summed E-state index contributed by atoms with van der Waals surface area (Å²) in [4.78, 5) is 7.83. The highest BCUT2D eigenvalue weighted by Gasteiger charge is 2.36. The summed E-state index contributed by atoms with van der Waals surface area (Å²) in [5.41, 5.74) is 0.902. The van der Waals surface area contributed by atoms with Gasteiger partial charge >= 0.3 is 0 Å². The minimum absolute atomic E-state index is 0.0111. The molecule has 1 atom stereocenters. The van der Waals surface area contributed by atoms with E-state index in [0.29, 0.717) is 35.1 Å². The molecule has 6 rings (SSSR count). The fraction of sp³-hybridized carbons (Fsp3) is 0.371. The smallest absolute Gasteiger partial charge is 0.168 e. The Morgan fingerprint density at radius 1 is 1.06 bits per heavy atom. The Morgan fingerprint density at radius 3 is 2.66 bits per heavy atom. The fourth-order valence-electron chi connectivity index (χ4n) is 6.31. The number of aliphatic hydroxyl groups excluding tert-OH is 1. The van der Waals surface area contributed by atoms with E-state index in [1.807, 2.05) is 31.2 Å². The quantitative estimate of drug-likeness (QED) is 0.242. The van der Waals surface area contributed by atoms with Crippen LogP contribution >= 0.6 is 0 Å². The standard InChI is InChI=1S/C35H38F2N4O5S/c1-34(2)21-47(43,44)17-12-26-25-10-14-38-30(25)20-29(37)31(26)46-24-8-9-28(36)27(19-24)32-39-33(40-41(32)4)35(3,13-16-45-34)23-7-5-6-22(18-23)11-15-42/h5-10,14,18-20,38,42H,11-13,15-17,21H2,1-4H3. The van der Waals surface area contributed by atoms with Crippen LogP contribution in [0.15, 0.2) is 60.8 Å². The van der Waals surface area contributed by atoms with Crippen molar-refractivity contribution in [3.63, 3.8) is 0 Å². The van der Waals surface area contributed by atoms with Gasteiger partial charge in [-0.15, -0.1) is 0 Å². The van der Waals surface area contributed by atoms with Crippen LogP contribution in [0.4, 0.5) is 8.78 Å². The van der Waals surface area contributed by atoms with E-state index in [9.17, 15) is 13.5 Å². The summed E-state index contributed by atoms with van der Waals surface area (Å²) in [5, 5.41) is 14.9. The van der Waals surface area contributed by atoms with E-state index in [1.54, 1.807) is 33.2 Å². The van der Waals surface area contributed by atoms with Gasteiger partial charge in [-0.2, -0.15) is 5.10 Å². The molecule has 12 heteroatoms. The van der Waals surface area contributed by atoms with Crippen molar-refractivity contribution in [3.05, 3.63) is 94.9 Å². The lowest BCUT2D eigenvalue weighted by Crippen LogP contribution is -2.37. The number of aliphatic hydroxyl groups is 1. The van der Waals surface area contributed by atoms with E-state index in [0.717, 1.165) is 11.1 Å². The zero-order valence-corrected chi connectivity index (χ0v) is 27.6. The molecule has 9 nitrogen and oxygen atoms in total. The van der Waals surface area contributed by atoms with E-state index in [2.05, 4.69) is 4.98 Å². The third kappa shape index (κ3) is 6.67. The van der Waals surface area contributed by atoms with Crippen molar-refractivity contribution >= 4 is 20.7 Å². The van der Waals surface area contributed by atoms with Gasteiger partial charge in [0.05, 0.1) is 28.1 Å². The van der Waals surface area contributed by atoms with E-state index in [4.69, 9.17) is 19.6 Å². The summed E-state index contributed by atoms with van der Waals surface area (Å²) in [6, 6.07) is 14.9. The molecule has 0 spiro atoms. The monoisotopic (exact) mass is 664 g/mol. The maximum atomic E-state index is 15.6. The molecular weight excluding hydrogens is 626 g/mol. The first-order chi connectivity index (χ1) is 22.3. The van der Waals surface area contributed by atoms with Gasteiger partial charge in [0.15, 0.2) is 33.1 Å². The molecule has 0 aliphatic carbocycles. The first-order valence-electron chi connectivity index (χ1n) is 15.5. The zero-order chi connectivity index (χ0) is 33.6. The molecule has 1 aliphatic heterocycles. The highest BCUT2D eigenvalue weighted by molar-refractivity contribution is 7.91. The van der Waals surface area contributed by atoms with Crippen LogP contribution in [-0.2, 0) is 39.9 Å². The van der Waals surface area contributed by atoms with Crippen LogP contribution in [0.1, 0.15) is 49.7 Å². The number of nitrogens with one attached hydrogen (secondary N) is 1. The summed E-state index contributed by atoms with van der Waals surface area (Å²) >= 11 is 0. The molecular formula is C35H38F2N4O5S. The highest BCUT2D eigenvalue weighted by Crippen LogP contribution is 2.39. The fourth-order valence-corrected chi connectivity index (χ4v) is 8.11. The number of aromatic amines is 1. The van der Waals surface area contributed by atoms with E-state index in [-0.39, 0.29) is 54.0 Å². The van der Waals surface area contributed by atoms with Crippen LogP contribution in [-0.4, -0.2) is 63.6 Å². The molecule has 5 aromatic rings. The molecule has 0 saturated carbocycles. The summed E-state index contributed by atoms with van der Waals surface area (Å²) in [5.74, 6) is -1.09. The molecule has 3 aromatic carbocycles. The van der Waals surface area contributed by atoms with Crippen LogP contribution in [0, 0.1) is 11.6 Å². The van der Waals surface area contributed by atoms with E-state index in [1.165, 1.54) is 28.9 Å². The lowest BCUT2D eigenvalue weighted by Gasteiger charge is -2.31. The summed E-state index contributed by atoms with van der Waals surface area (Å²) in [7, 11) is -2.01. The van der Waals surface area contributed by atoms with Gasteiger partial charge in [-0.05, 0) is 75.4 Å². The normalized spacial score (nSPS) is 19.8. The molecule has 47 heavy (non-hydrogen) atoms. The van der Waals surface area contributed by atoms with Gasteiger partial charge in [-0.25, -0.2) is 26.9 Å². The van der Waals surface area contributed by atoms with E-state index >= 15 is 8.78 Å². The largest absolute Gasteiger partial charge is 0.454 e. The van der Waals surface area contributed by atoms with Crippen molar-refractivity contribution in [2.75, 3.05) is 24.7 Å². The lowest BCUT2D eigenvalue weighted by atomic mass is 9.78. The number of aryl methyl sites for hydroxylation is 2. The number of benzene rings is 3. The maximum Gasteiger partial charge on any atom is 0.168 e. The molecule has 2 aromatic heterocycles. The predicted octanol–water partition coefficient (Wildman–Crippen LogP) is 6.03. The molecule has 1 unspecified atom stereocenters. The second kappa shape index (κ2) is 12.5. The average molecular weight is 665 g/mol. The van der Waals surface area contributed by atoms with Gasteiger partial charge in [0, 0.05) is 49.0 Å². The Bertz CT molecular complexity index is 2060. The summed E-state index contributed by atoms with van der Waals surface area (Å²) in [6.45, 7) is 5.59. The minimum Gasteiger partial charge on any atom is -0.454 e. The number of nitrogens with zero attached hydrogens (tertiary/aromatic N) is 3. The molecule has 0 amide bonds. The van der Waals surface area contributed by atoms with Gasteiger partial charge in [0.25, 0.3) is 0 Å². The first-order valence-corrected chi connectivity index (χ1v) is 17.3. The van der Waals surface area contributed by atoms with Crippen molar-refractivity contribution in [2.24, 2.45) is 7.05 Å². The van der Waals surface area contributed by atoms with Gasteiger partial charge in [0.2, 0.25) is 0 Å². The Labute approximate surface area is 272 Å². The number of fused-ring (bicyclic) bond motifs is 8. The molecule has 0 radical (unpaired) electrons. The average Bonchev–Trinajstić information content (AvgIpc) is 3.63. The summed E-state index contributed by atoms with van der Waals surface area (Å²) < 4.78 is 71.9. The van der Waals surface area contributed by atoms with Crippen molar-refractivity contribution < 1.29 is 31.8 Å². The molecule has 4 bridgehead atoms. The van der Waals surface area contributed by atoms with E-state index < -0.39 is 32.5 Å². The van der Waals surface area contributed by atoms with Crippen LogP contribution < -0.4 is 4.74 Å². The van der Waals surface area contributed by atoms with Crippen molar-refractivity contribution in [1.82, 2.24) is 19.7 Å². The third-order valence-electron chi connectivity index (χ3n) is 8.81. The minimum atomic E-state index is -3.68. The van der Waals surface area contributed by atoms with Crippen LogP contribution in [0.25, 0.3) is 22.3 Å². The predicted molar refractivity (Wildman–Crippen MR) is 175 cm³/mol. The molecule has 0 saturated heterocycles. The Morgan fingerprint density at radius 2 is 1.87 bits per heavy atom. The number of aromatic nitrogens is 4. The van der Waals surface area contributed by atoms with Crippen LogP contribution in [0.5, 0.6) is 11.5 Å². The van der Waals surface area contributed by atoms with Gasteiger partial charge in [0.1, 0.15) is 11.6 Å². The Balaban J connectivity index is 1.52. The first kappa shape index (κ1) is 32.8. The number of H-pyrrole nitrogens is 1. The number of hydrogen-bond acceptors (Lipinski definition) is 7. The number of rotatable bonds is 3. The van der Waals surface area contributed by atoms with Crippen LogP contribution in [0.3, 0.4) is 0 Å². The van der Waals surface area contributed by atoms with Crippen molar-refractivity contribution in [2.45, 2.75) is 51.0 Å². The number of ether oxygens (including phenoxy) is 2. The maximum absolute atomic E-state index is 15.6. The highest BCUT2D eigenvalue weighted by atomic mass is 32.2. The molecule has 2 N–H and O–H groups in total. The topological polar surface area (TPSA) is 119 Å². The molecule has 0 fully saturated rings. The van der Waals surface area contributed by atoms with Gasteiger partial charge < -0.3 is 19.6 Å². The number of halogens is 2. The SMILES string of the molecule is Cn1nc2nc1-c1cc(ccc1F)Oc1c(F)cc3[nH]ccc3c1CCS(=O)(=O)CC(C)(C)OCCC2(C)c1cccc(CCO)c1. The second-order valence-electron chi connectivity index (χ2n) is 12.9. The van der Waals surface area contributed by atoms with Crippen molar-refractivity contribution in [1.29, 1.82) is 0 Å². The molecule has 3 heterocycles. The second-order valence-corrected chi connectivity index (χ2v) is 15.1. The lowest BCUT2D eigenvalue weighted by molar-refractivity contribution is -0.00685. The van der Waals surface area contributed by atoms with Crippen LogP contribution in [0.2, 0.25) is 0 Å². The molecule has 248 valence electrons. The van der Waals surface area contributed by atoms with Crippen molar-refractivity contribution in [3.8, 4) is 22.9 Å². The summed E-state index contributed by atoms with van der Waals surface area (Å²) in [6.07, 6.45) is 2.48. The third-order valence-corrected chi connectivity index (χ3v) is 10.8. The van der Waals surface area contributed by atoms with Gasteiger partial charge in [-0.1, -0.05) is 24.3 Å². The molecule has 1 aliphatic rings. The van der Waals surface area contributed by atoms with Gasteiger partial charge in [-0.3, -0.25) is 0 Å². The zero-order valence-electron chi connectivity index (χ0n) is 26.8. The number of hydrogen-bond donors (Lipinski definition) is 2. The number of sulfone groups is 1. The Hall–Kier alpha value is -4.13.